The average molecular weight is 172 g/mol. The second kappa shape index (κ2) is 4.86. The first-order valence-corrected chi connectivity index (χ1v) is 5.01. The van der Waals surface area contributed by atoms with Gasteiger partial charge in [0.1, 0.15) is 0 Å². The minimum absolute atomic E-state index is 0.314. The lowest BCUT2D eigenvalue weighted by molar-refractivity contribution is -0.0260. The van der Waals surface area contributed by atoms with Crippen LogP contribution in [0.3, 0.4) is 0 Å². The highest BCUT2D eigenvalue weighted by Gasteiger charge is 2.24. The summed E-state index contributed by atoms with van der Waals surface area (Å²) in [5, 5.41) is 0. The molecule has 0 radical (unpaired) electrons. The van der Waals surface area contributed by atoms with E-state index in [1.807, 2.05) is 0 Å². The summed E-state index contributed by atoms with van der Waals surface area (Å²) in [5.41, 5.74) is 0.314. The van der Waals surface area contributed by atoms with Crippen LogP contribution in [0.4, 0.5) is 0 Å². The van der Waals surface area contributed by atoms with Crippen molar-refractivity contribution in [1.82, 2.24) is 0 Å². The van der Waals surface area contributed by atoms with Gasteiger partial charge in [0.15, 0.2) is 0 Å². The minimum atomic E-state index is 0.314. The molecule has 74 valence electrons. The van der Waals surface area contributed by atoms with E-state index in [1.54, 1.807) is 0 Å². The number of ether oxygens (including phenoxy) is 1. The highest BCUT2D eigenvalue weighted by molar-refractivity contribution is 4.73. The van der Waals surface area contributed by atoms with E-state index in [0.717, 1.165) is 6.61 Å². The predicted octanol–water partition coefficient (Wildman–Crippen LogP) is 3.48. The molecule has 0 fully saturated rings. The number of hydrogen-bond donors (Lipinski definition) is 0. The SMILES string of the molecule is CCC(C)(C)[C@H](C)OCC(C)C. The predicted molar refractivity (Wildman–Crippen MR) is 54.3 cm³/mol. The third kappa shape index (κ3) is 4.10. The summed E-state index contributed by atoms with van der Waals surface area (Å²) in [7, 11) is 0. The minimum Gasteiger partial charge on any atom is -0.378 e. The van der Waals surface area contributed by atoms with Crippen LogP contribution in [0, 0.1) is 11.3 Å². The molecule has 0 aliphatic carbocycles. The van der Waals surface area contributed by atoms with Crippen molar-refractivity contribution < 1.29 is 4.74 Å². The largest absolute Gasteiger partial charge is 0.378 e. The topological polar surface area (TPSA) is 9.23 Å². The summed E-state index contributed by atoms with van der Waals surface area (Å²) in [4.78, 5) is 0. The molecule has 0 saturated heterocycles. The normalized spacial score (nSPS) is 15.2. The zero-order valence-corrected chi connectivity index (χ0v) is 9.48. The van der Waals surface area contributed by atoms with Gasteiger partial charge >= 0.3 is 0 Å². The first-order valence-electron chi connectivity index (χ1n) is 5.01. The van der Waals surface area contributed by atoms with Crippen LogP contribution in [-0.4, -0.2) is 12.7 Å². The Balaban J connectivity index is 3.78. The fraction of sp³-hybridized carbons (Fsp3) is 1.00. The quantitative estimate of drug-likeness (QED) is 0.617. The van der Waals surface area contributed by atoms with Gasteiger partial charge in [0.25, 0.3) is 0 Å². The van der Waals surface area contributed by atoms with Gasteiger partial charge in [-0.05, 0) is 24.7 Å². The molecule has 12 heavy (non-hydrogen) atoms. The molecule has 0 bridgehead atoms. The molecule has 1 heteroatoms. The van der Waals surface area contributed by atoms with Crippen molar-refractivity contribution in [2.24, 2.45) is 11.3 Å². The van der Waals surface area contributed by atoms with E-state index >= 15 is 0 Å². The Morgan fingerprint density at radius 3 is 2.00 bits per heavy atom. The molecule has 0 heterocycles. The van der Waals surface area contributed by atoms with Crippen LogP contribution < -0.4 is 0 Å². The van der Waals surface area contributed by atoms with E-state index in [1.165, 1.54) is 6.42 Å². The Bertz CT molecular complexity index is 116. The average Bonchev–Trinajstić information content (AvgIpc) is 2.00. The van der Waals surface area contributed by atoms with E-state index in [9.17, 15) is 0 Å². The lowest BCUT2D eigenvalue weighted by atomic mass is 9.85. The van der Waals surface area contributed by atoms with E-state index in [-0.39, 0.29) is 0 Å². The van der Waals surface area contributed by atoms with E-state index in [0.29, 0.717) is 17.4 Å². The van der Waals surface area contributed by atoms with Gasteiger partial charge in [-0.1, -0.05) is 34.6 Å². The Morgan fingerprint density at radius 2 is 1.67 bits per heavy atom. The lowest BCUT2D eigenvalue weighted by Gasteiger charge is -2.31. The van der Waals surface area contributed by atoms with Gasteiger partial charge in [0.2, 0.25) is 0 Å². The molecule has 0 N–H and O–H groups in total. The zero-order valence-electron chi connectivity index (χ0n) is 9.48. The van der Waals surface area contributed by atoms with E-state index < -0.39 is 0 Å². The molecule has 0 aromatic rings. The molecule has 0 rings (SSSR count). The van der Waals surface area contributed by atoms with Crippen LogP contribution in [0.1, 0.15) is 48.0 Å². The standard InChI is InChI=1S/C11H24O/c1-7-11(5,6)10(4)12-8-9(2)3/h9-10H,7-8H2,1-6H3/t10-/m0/s1. The molecule has 0 aliphatic heterocycles. The third-order valence-electron chi connectivity index (χ3n) is 2.69. The highest BCUT2D eigenvalue weighted by Crippen LogP contribution is 2.26. The van der Waals surface area contributed by atoms with Crippen LogP contribution in [0.15, 0.2) is 0 Å². The van der Waals surface area contributed by atoms with Gasteiger partial charge in [-0.25, -0.2) is 0 Å². The van der Waals surface area contributed by atoms with Crippen LogP contribution in [0.25, 0.3) is 0 Å². The molecule has 0 amide bonds. The van der Waals surface area contributed by atoms with Gasteiger partial charge in [0, 0.05) is 6.61 Å². The molecule has 0 aromatic heterocycles. The van der Waals surface area contributed by atoms with E-state index in [2.05, 4.69) is 41.5 Å². The summed E-state index contributed by atoms with van der Waals surface area (Å²) in [5.74, 6) is 0.639. The Labute approximate surface area is 77.5 Å². The number of hydrogen-bond acceptors (Lipinski definition) is 1. The van der Waals surface area contributed by atoms with Gasteiger partial charge in [0.05, 0.1) is 6.10 Å². The molecule has 0 aromatic carbocycles. The highest BCUT2D eigenvalue weighted by atomic mass is 16.5. The van der Waals surface area contributed by atoms with Gasteiger partial charge in [-0.3, -0.25) is 0 Å². The van der Waals surface area contributed by atoms with Crippen LogP contribution in [0.5, 0.6) is 0 Å². The van der Waals surface area contributed by atoms with Gasteiger partial charge < -0.3 is 4.74 Å². The molecule has 1 atom stereocenters. The summed E-state index contributed by atoms with van der Waals surface area (Å²) < 4.78 is 5.76. The second-order valence-electron chi connectivity index (χ2n) is 4.71. The lowest BCUT2D eigenvalue weighted by Crippen LogP contribution is -2.29. The van der Waals surface area contributed by atoms with Gasteiger partial charge in [-0.2, -0.15) is 0 Å². The van der Waals surface area contributed by atoms with Crippen LogP contribution in [-0.2, 0) is 4.74 Å². The molecular weight excluding hydrogens is 148 g/mol. The summed E-state index contributed by atoms with van der Waals surface area (Å²) in [6.07, 6.45) is 1.54. The van der Waals surface area contributed by atoms with Crippen molar-refractivity contribution >= 4 is 0 Å². The van der Waals surface area contributed by atoms with Crippen molar-refractivity contribution in [3.8, 4) is 0 Å². The zero-order chi connectivity index (χ0) is 9.78. The van der Waals surface area contributed by atoms with Crippen molar-refractivity contribution in [3.63, 3.8) is 0 Å². The second-order valence-corrected chi connectivity index (χ2v) is 4.71. The van der Waals surface area contributed by atoms with Crippen molar-refractivity contribution in [1.29, 1.82) is 0 Å². The summed E-state index contributed by atoms with van der Waals surface area (Å²) in [6.45, 7) is 14.2. The fourth-order valence-corrected chi connectivity index (χ4v) is 0.850. The third-order valence-corrected chi connectivity index (χ3v) is 2.69. The molecule has 0 unspecified atom stereocenters. The van der Waals surface area contributed by atoms with Crippen molar-refractivity contribution in [3.05, 3.63) is 0 Å². The van der Waals surface area contributed by atoms with Gasteiger partial charge in [-0.15, -0.1) is 0 Å². The molecular formula is C11H24O. The molecule has 0 saturated carbocycles. The summed E-state index contributed by atoms with van der Waals surface area (Å²) in [6, 6.07) is 0. The maximum absolute atomic E-state index is 5.76. The maximum atomic E-state index is 5.76. The Hall–Kier alpha value is -0.0400. The Morgan fingerprint density at radius 1 is 1.17 bits per heavy atom. The maximum Gasteiger partial charge on any atom is 0.0597 e. The first-order chi connectivity index (χ1) is 5.40. The number of rotatable bonds is 5. The monoisotopic (exact) mass is 172 g/mol. The van der Waals surface area contributed by atoms with Crippen LogP contribution in [0.2, 0.25) is 0 Å². The van der Waals surface area contributed by atoms with E-state index in [4.69, 9.17) is 4.74 Å². The Kier molecular flexibility index (Phi) is 4.84. The fourth-order valence-electron chi connectivity index (χ4n) is 0.850. The summed E-state index contributed by atoms with van der Waals surface area (Å²) >= 11 is 0. The smallest absolute Gasteiger partial charge is 0.0597 e. The molecule has 0 spiro atoms. The molecule has 1 nitrogen and oxygen atoms in total. The van der Waals surface area contributed by atoms with Crippen molar-refractivity contribution in [2.75, 3.05) is 6.61 Å². The van der Waals surface area contributed by atoms with Crippen LogP contribution >= 0.6 is 0 Å². The molecule has 0 aliphatic rings. The first kappa shape index (κ1) is 12.0. The van der Waals surface area contributed by atoms with Crippen molar-refractivity contribution in [2.45, 2.75) is 54.1 Å².